The molecule has 1 aromatic heterocycles. The number of nitrogens with zero attached hydrogens (tertiary/aromatic N) is 2. The van der Waals surface area contributed by atoms with Gasteiger partial charge in [0.2, 0.25) is 12.7 Å². The Bertz CT molecular complexity index is 830. The molecule has 0 unspecified atom stereocenters. The summed E-state index contributed by atoms with van der Waals surface area (Å²) in [6, 6.07) is 6.67. The van der Waals surface area contributed by atoms with Gasteiger partial charge in [-0.05, 0) is 37.0 Å². The summed E-state index contributed by atoms with van der Waals surface area (Å²) in [5.41, 5.74) is 0.481. The van der Waals surface area contributed by atoms with E-state index >= 15 is 0 Å². The van der Waals surface area contributed by atoms with Gasteiger partial charge in [-0.25, -0.2) is 0 Å². The van der Waals surface area contributed by atoms with Crippen molar-refractivity contribution in [3.8, 4) is 11.5 Å². The lowest BCUT2D eigenvalue weighted by molar-refractivity contribution is -0.117. The molecule has 0 saturated heterocycles. The summed E-state index contributed by atoms with van der Waals surface area (Å²) < 4.78 is 15.4. The molecule has 148 valence electrons. The maximum absolute atomic E-state index is 13.2. The molecule has 0 radical (unpaired) electrons. The lowest BCUT2D eigenvalue weighted by Crippen LogP contribution is -2.41. The molecule has 1 N–H and O–H groups in total. The predicted octanol–water partition coefficient (Wildman–Crippen LogP) is 3.06. The van der Waals surface area contributed by atoms with Gasteiger partial charge >= 0.3 is 0 Å². The van der Waals surface area contributed by atoms with Crippen molar-refractivity contribution in [2.75, 3.05) is 25.2 Å². The second kappa shape index (κ2) is 8.33. The fraction of sp³-hybridized carbons (Fsp3) is 0.450. The third-order valence-electron chi connectivity index (χ3n) is 5.15. The van der Waals surface area contributed by atoms with Gasteiger partial charge in [-0.1, -0.05) is 24.4 Å². The van der Waals surface area contributed by atoms with E-state index in [1.54, 1.807) is 29.2 Å². The third-order valence-corrected chi connectivity index (χ3v) is 5.15. The first-order chi connectivity index (χ1) is 13.7. The summed E-state index contributed by atoms with van der Waals surface area (Å²) in [6.45, 7) is 0.662. The Hall–Kier alpha value is -3.03. The second-order valence-electron chi connectivity index (χ2n) is 7.19. The van der Waals surface area contributed by atoms with Gasteiger partial charge in [0.05, 0.1) is 0 Å². The van der Waals surface area contributed by atoms with Gasteiger partial charge in [-0.15, -0.1) is 0 Å². The molecule has 0 spiro atoms. The zero-order chi connectivity index (χ0) is 19.3. The lowest BCUT2D eigenvalue weighted by Gasteiger charge is -2.29. The van der Waals surface area contributed by atoms with Crippen LogP contribution in [0.1, 0.15) is 42.5 Å². The van der Waals surface area contributed by atoms with E-state index in [4.69, 9.17) is 14.0 Å². The molecule has 1 aliphatic heterocycles. The van der Waals surface area contributed by atoms with E-state index in [0.29, 0.717) is 35.3 Å². The van der Waals surface area contributed by atoms with Crippen molar-refractivity contribution in [1.29, 1.82) is 0 Å². The van der Waals surface area contributed by atoms with Crippen molar-refractivity contribution < 1.29 is 23.6 Å². The quantitative estimate of drug-likeness (QED) is 0.821. The molecule has 0 bridgehead atoms. The summed E-state index contributed by atoms with van der Waals surface area (Å²) in [4.78, 5) is 27.2. The molecule has 2 amide bonds. The van der Waals surface area contributed by atoms with Crippen LogP contribution in [-0.4, -0.2) is 41.8 Å². The molecular formula is C20H23N3O5. The van der Waals surface area contributed by atoms with E-state index in [1.807, 2.05) is 0 Å². The van der Waals surface area contributed by atoms with E-state index in [9.17, 15) is 9.59 Å². The van der Waals surface area contributed by atoms with Crippen molar-refractivity contribution in [3.63, 3.8) is 0 Å². The van der Waals surface area contributed by atoms with Crippen LogP contribution in [0.2, 0.25) is 0 Å². The Morgan fingerprint density at radius 1 is 1.11 bits per heavy atom. The van der Waals surface area contributed by atoms with Crippen LogP contribution in [-0.2, 0) is 4.79 Å². The van der Waals surface area contributed by atoms with E-state index < -0.39 is 0 Å². The Morgan fingerprint density at radius 2 is 1.93 bits per heavy atom. The predicted molar refractivity (Wildman–Crippen MR) is 100 cm³/mol. The summed E-state index contributed by atoms with van der Waals surface area (Å²) in [5, 5.41) is 6.34. The standard InChI is InChI=1S/C20H23N3O5/c24-19(21-18-8-9-28-22-18)12-23(11-14-4-2-1-3-5-14)20(25)15-6-7-16-17(10-15)27-13-26-16/h6-10,14H,1-5,11-13H2,(H,21,22,24). The van der Waals surface area contributed by atoms with E-state index in [-0.39, 0.29) is 25.2 Å². The van der Waals surface area contributed by atoms with E-state index in [0.717, 1.165) is 12.8 Å². The number of aromatic nitrogens is 1. The highest BCUT2D eigenvalue weighted by Gasteiger charge is 2.25. The fourth-order valence-electron chi connectivity index (χ4n) is 3.75. The molecule has 2 heterocycles. The number of amides is 2. The van der Waals surface area contributed by atoms with Crippen LogP contribution in [0.5, 0.6) is 11.5 Å². The number of fused-ring (bicyclic) bond motifs is 1. The highest BCUT2D eigenvalue weighted by molar-refractivity contribution is 5.99. The third kappa shape index (κ3) is 4.27. The van der Waals surface area contributed by atoms with Gasteiger partial charge in [0, 0.05) is 18.2 Å². The number of ether oxygens (including phenoxy) is 2. The van der Waals surface area contributed by atoms with E-state index in [2.05, 4.69) is 10.5 Å². The zero-order valence-electron chi connectivity index (χ0n) is 15.6. The van der Waals surface area contributed by atoms with Gasteiger partial charge in [0.1, 0.15) is 12.8 Å². The van der Waals surface area contributed by atoms with Crippen LogP contribution in [0.15, 0.2) is 35.1 Å². The molecule has 2 aliphatic rings. The summed E-state index contributed by atoms with van der Waals surface area (Å²) in [5.74, 6) is 1.41. The molecule has 2 aromatic rings. The Kier molecular flexibility index (Phi) is 5.45. The molecule has 4 rings (SSSR count). The first-order valence-corrected chi connectivity index (χ1v) is 9.58. The number of hydrogen-bond donors (Lipinski definition) is 1. The molecule has 1 saturated carbocycles. The number of rotatable bonds is 6. The maximum atomic E-state index is 13.2. The maximum Gasteiger partial charge on any atom is 0.254 e. The molecule has 1 aromatic carbocycles. The van der Waals surface area contributed by atoms with Crippen LogP contribution in [0, 0.1) is 5.92 Å². The van der Waals surface area contributed by atoms with Crippen LogP contribution in [0.25, 0.3) is 0 Å². The summed E-state index contributed by atoms with van der Waals surface area (Å²) in [7, 11) is 0. The molecule has 8 heteroatoms. The molecule has 1 aliphatic carbocycles. The summed E-state index contributed by atoms with van der Waals surface area (Å²) >= 11 is 0. The Labute approximate surface area is 162 Å². The number of carbonyl (C=O) groups excluding carboxylic acids is 2. The Morgan fingerprint density at radius 3 is 2.71 bits per heavy atom. The first-order valence-electron chi connectivity index (χ1n) is 9.58. The van der Waals surface area contributed by atoms with Crippen LogP contribution in [0.4, 0.5) is 5.82 Å². The zero-order valence-corrected chi connectivity index (χ0v) is 15.6. The molecule has 1 fully saturated rings. The number of carbonyl (C=O) groups is 2. The van der Waals surface area contributed by atoms with Crippen molar-refractivity contribution in [3.05, 3.63) is 36.1 Å². The average molecular weight is 385 g/mol. The van der Waals surface area contributed by atoms with Crippen molar-refractivity contribution in [2.45, 2.75) is 32.1 Å². The number of hydrogen-bond acceptors (Lipinski definition) is 6. The topological polar surface area (TPSA) is 93.9 Å². The number of benzene rings is 1. The molecule has 28 heavy (non-hydrogen) atoms. The molecule has 0 atom stereocenters. The van der Waals surface area contributed by atoms with Gasteiger partial charge in [0.15, 0.2) is 17.3 Å². The highest BCUT2D eigenvalue weighted by Crippen LogP contribution is 2.33. The van der Waals surface area contributed by atoms with Crippen LogP contribution in [0.3, 0.4) is 0 Å². The minimum atomic E-state index is -0.307. The SMILES string of the molecule is O=C(CN(CC1CCCCC1)C(=O)c1ccc2c(c1)OCO2)Nc1ccon1. The van der Waals surface area contributed by atoms with E-state index in [1.165, 1.54) is 25.5 Å². The van der Waals surface area contributed by atoms with Crippen LogP contribution >= 0.6 is 0 Å². The molecular weight excluding hydrogens is 362 g/mol. The minimum absolute atomic E-state index is 0.0450. The molecule has 8 nitrogen and oxygen atoms in total. The van der Waals surface area contributed by atoms with Crippen LogP contribution < -0.4 is 14.8 Å². The van der Waals surface area contributed by atoms with Gasteiger partial charge in [-0.2, -0.15) is 0 Å². The van der Waals surface area contributed by atoms with Gasteiger partial charge < -0.3 is 24.2 Å². The number of anilines is 1. The highest BCUT2D eigenvalue weighted by atomic mass is 16.7. The average Bonchev–Trinajstić information content (AvgIpc) is 3.38. The normalized spacial score (nSPS) is 16.0. The minimum Gasteiger partial charge on any atom is -0.454 e. The number of nitrogens with one attached hydrogen (secondary N) is 1. The van der Waals surface area contributed by atoms with Gasteiger partial charge in [0.25, 0.3) is 5.91 Å². The Balaban J connectivity index is 1.49. The second-order valence-corrected chi connectivity index (χ2v) is 7.19. The first kappa shape index (κ1) is 18.3. The van der Waals surface area contributed by atoms with Crippen molar-refractivity contribution in [1.82, 2.24) is 10.1 Å². The smallest absolute Gasteiger partial charge is 0.254 e. The lowest BCUT2D eigenvalue weighted by atomic mass is 9.89. The summed E-state index contributed by atoms with van der Waals surface area (Å²) in [6.07, 6.45) is 7.11. The van der Waals surface area contributed by atoms with Crippen molar-refractivity contribution in [2.24, 2.45) is 5.92 Å². The van der Waals surface area contributed by atoms with Gasteiger partial charge in [-0.3, -0.25) is 9.59 Å². The monoisotopic (exact) mass is 385 g/mol. The largest absolute Gasteiger partial charge is 0.454 e. The fourth-order valence-corrected chi connectivity index (χ4v) is 3.75. The van der Waals surface area contributed by atoms with Crippen molar-refractivity contribution >= 4 is 17.6 Å².